The monoisotopic (exact) mass is 361 g/mol. The second kappa shape index (κ2) is 5.56. The first kappa shape index (κ1) is 17.1. The van der Waals surface area contributed by atoms with Gasteiger partial charge in [-0.25, -0.2) is 9.69 Å². The fourth-order valence-electron chi connectivity index (χ4n) is 3.62. The van der Waals surface area contributed by atoms with E-state index in [4.69, 9.17) is 9.26 Å². The van der Waals surface area contributed by atoms with Crippen molar-refractivity contribution in [1.82, 2.24) is 15.0 Å². The minimum Gasteiger partial charge on any atom is -0.432 e. The van der Waals surface area contributed by atoms with Crippen LogP contribution in [0.3, 0.4) is 0 Å². The molecular weight excluding hydrogens is 338 g/mol. The van der Waals surface area contributed by atoms with Gasteiger partial charge < -0.3 is 14.2 Å². The normalized spacial score (nSPS) is 22.9. The van der Waals surface area contributed by atoms with Crippen LogP contribution < -0.4 is 0 Å². The Balaban J connectivity index is 1.44. The lowest BCUT2D eigenvalue weighted by Gasteiger charge is -2.36. The van der Waals surface area contributed by atoms with Crippen LogP contribution in [0, 0.1) is 0 Å². The number of rotatable bonds is 2. The summed E-state index contributed by atoms with van der Waals surface area (Å²) < 4.78 is 10.7. The zero-order valence-electron chi connectivity index (χ0n) is 15.3. The number of likely N-dealkylation sites (tertiary alicyclic amines) is 1. The number of aromatic nitrogens is 1. The first-order valence-electron chi connectivity index (χ1n) is 9.05. The highest BCUT2D eigenvalue weighted by Gasteiger charge is 2.58. The predicted molar refractivity (Wildman–Crippen MR) is 89.4 cm³/mol. The summed E-state index contributed by atoms with van der Waals surface area (Å²) in [4.78, 5) is 40.5. The molecule has 2 saturated heterocycles. The number of nitrogens with zero attached hydrogens (tertiary/aromatic N) is 3. The maximum Gasteiger partial charge on any atom is 0.418 e. The van der Waals surface area contributed by atoms with Crippen molar-refractivity contribution in [3.63, 3.8) is 0 Å². The molecule has 8 nitrogen and oxygen atoms in total. The first-order chi connectivity index (χ1) is 12.2. The van der Waals surface area contributed by atoms with E-state index in [1.54, 1.807) is 31.7 Å². The van der Waals surface area contributed by atoms with Crippen LogP contribution in [-0.4, -0.2) is 57.1 Å². The second-order valence-electron chi connectivity index (χ2n) is 8.35. The molecule has 0 unspecified atom stereocenters. The van der Waals surface area contributed by atoms with Gasteiger partial charge in [-0.3, -0.25) is 9.59 Å². The van der Waals surface area contributed by atoms with Gasteiger partial charge in [-0.15, -0.1) is 0 Å². The van der Waals surface area contributed by atoms with Crippen molar-refractivity contribution in [2.75, 3.05) is 13.1 Å². The van der Waals surface area contributed by atoms with Gasteiger partial charge in [-0.1, -0.05) is 5.16 Å². The van der Waals surface area contributed by atoms with Crippen LogP contribution in [0.2, 0.25) is 0 Å². The van der Waals surface area contributed by atoms with E-state index in [1.807, 2.05) is 0 Å². The molecule has 3 heterocycles. The Morgan fingerprint density at radius 1 is 1.23 bits per heavy atom. The highest BCUT2D eigenvalue weighted by atomic mass is 16.6. The minimum absolute atomic E-state index is 0.208. The molecule has 1 aliphatic carbocycles. The van der Waals surface area contributed by atoms with E-state index < -0.39 is 17.2 Å². The number of ether oxygens (including phenoxy) is 1. The number of amides is 3. The zero-order chi connectivity index (χ0) is 18.7. The first-order valence-corrected chi connectivity index (χ1v) is 9.05. The van der Waals surface area contributed by atoms with E-state index in [0.717, 1.165) is 18.6 Å². The molecule has 0 aromatic carbocycles. The van der Waals surface area contributed by atoms with Crippen molar-refractivity contribution in [2.24, 2.45) is 0 Å². The zero-order valence-corrected chi connectivity index (χ0v) is 15.3. The smallest absolute Gasteiger partial charge is 0.418 e. The van der Waals surface area contributed by atoms with Gasteiger partial charge in [-0.2, -0.15) is 0 Å². The van der Waals surface area contributed by atoms with E-state index in [1.165, 1.54) is 4.90 Å². The van der Waals surface area contributed by atoms with Crippen LogP contribution in [-0.2, 0) is 9.53 Å². The van der Waals surface area contributed by atoms with Gasteiger partial charge >= 0.3 is 6.09 Å². The van der Waals surface area contributed by atoms with E-state index >= 15 is 0 Å². The van der Waals surface area contributed by atoms with Crippen molar-refractivity contribution in [3.05, 3.63) is 17.5 Å². The molecule has 1 saturated carbocycles. The largest absolute Gasteiger partial charge is 0.432 e. The topological polar surface area (TPSA) is 92.9 Å². The molecule has 3 aliphatic rings. The Hall–Kier alpha value is -2.38. The van der Waals surface area contributed by atoms with E-state index in [9.17, 15) is 14.4 Å². The Morgan fingerprint density at radius 3 is 2.42 bits per heavy atom. The molecule has 140 valence electrons. The predicted octanol–water partition coefficient (Wildman–Crippen LogP) is 2.30. The summed E-state index contributed by atoms with van der Waals surface area (Å²) in [7, 11) is 0. The molecule has 3 amide bonds. The number of imide groups is 1. The third kappa shape index (κ3) is 2.68. The van der Waals surface area contributed by atoms with E-state index in [0.29, 0.717) is 37.5 Å². The van der Waals surface area contributed by atoms with Gasteiger partial charge in [0.1, 0.15) is 5.76 Å². The summed E-state index contributed by atoms with van der Waals surface area (Å²) in [6, 6.07) is 1.71. The summed E-state index contributed by atoms with van der Waals surface area (Å²) in [6.07, 6.45) is 2.14. The summed E-state index contributed by atoms with van der Waals surface area (Å²) in [5.74, 6) is 0.648. The fraction of sp³-hybridized carbons (Fsp3) is 0.667. The standard InChI is InChI=1S/C18H23N3O5/c1-17(2,3)21-15(23)18(25-16(21)24)6-8-20(9-7-18)14(22)12-10-13(26-19-12)11-4-5-11/h10-11H,4-9H2,1-3H3. The van der Waals surface area contributed by atoms with Crippen molar-refractivity contribution < 1.29 is 23.6 Å². The van der Waals surface area contributed by atoms with Crippen LogP contribution in [0.25, 0.3) is 0 Å². The fourth-order valence-corrected chi connectivity index (χ4v) is 3.62. The molecule has 4 rings (SSSR count). The molecule has 0 atom stereocenters. The highest BCUT2D eigenvalue weighted by Crippen LogP contribution is 2.41. The summed E-state index contributed by atoms with van der Waals surface area (Å²) in [6.45, 7) is 6.06. The van der Waals surface area contributed by atoms with Gasteiger partial charge in [0.05, 0.1) is 0 Å². The molecule has 0 N–H and O–H groups in total. The Bertz CT molecular complexity index is 766. The third-order valence-electron chi connectivity index (χ3n) is 5.31. The number of carbonyl (C=O) groups excluding carboxylic acids is 3. The van der Waals surface area contributed by atoms with Crippen molar-refractivity contribution in [2.45, 2.75) is 63.5 Å². The third-order valence-corrected chi connectivity index (χ3v) is 5.31. The van der Waals surface area contributed by atoms with Gasteiger partial charge in [0, 0.05) is 43.5 Å². The summed E-state index contributed by atoms with van der Waals surface area (Å²) in [5.41, 5.74) is -1.48. The maximum absolute atomic E-state index is 12.8. The Labute approximate surface area is 151 Å². The maximum atomic E-state index is 12.8. The van der Waals surface area contributed by atoms with Crippen molar-refractivity contribution in [1.29, 1.82) is 0 Å². The second-order valence-corrected chi connectivity index (χ2v) is 8.35. The molecule has 1 aromatic rings. The molecule has 26 heavy (non-hydrogen) atoms. The molecule has 0 bridgehead atoms. The Morgan fingerprint density at radius 2 is 1.88 bits per heavy atom. The Kier molecular flexibility index (Phi) is 3.65. The quantitative estimate of drug-likeness (QED) is 0.802. The number of hydrogen-bond donors (Lipinski definition) is 0. The number of hydrogen-bond acceptors (Lipinski definition) is 6. The molecule has 1 spiro atoms. The molecule has 3 fully saturated rings. The van der Waals surface area contributed by atoms with E-state index in [2.05, 4.69) is 5.16 Å². The van der Waals surface area contributed by atoms with Gasteiger partial charge in [0.2, 0.25) is 0 Å². The van der Waals surface area contributed by atoms with Crippen LogP contribution >= 0.6 is 0 Å². The minimum atomic E-state index is -1.15. The molecule has 8 heteroatoms. The summed E-state index contributed by atoms with van der Waals surface area (Å²) >= 11 is 0. The van der Waals surface area contributed by atoms with Crippen LogP contribution in [0.5, 0.6) is 0 Å². The van der Waals surface area contributed by atoms with Crippen LogP contribution in [0.15, 0.2) is 10.6 Å². The lowest BCUT2D eigenvalue weighted by molar-refractivity contribution is -0.142. The molecule has 2 aliphatic heterocycles. The van der Waals surface area contributed by atoms with Crippen molar-refractivity contribution >= 4 is 17.9 Å². The van der Waals surface area contributed by atoms with E-state index in [-0.39, 0.29) is 11.8 Å². The summed E-state index contributed by atoms with van der Waals surface area (Å²) in [5, 5.41) is 3.89. The molecule has 1 aromatic heterocycles. The lowest BCUT2D eigenvalue weighted by Crippen LogP contribution is -2.54. The number of piperidine rings is 1. The number of carbonyl (C=O) groups is 3. The van der Waals surface area contributed by atoms with Gasteiger partial charge in [0.25, 0.3) is 11.8 Å². The van der Waals surface area contributed by atoms with Crippen LogP contribution in [0.1, 0.15) is 68.6 Å². The molecular formula is C18H23N3O5. The molecule has 0 radical (unpaired) electrons. The van der Waals surface area contributed by atoms with Gasteiger partial charge in [-0.05, 0) is 33.6 Å². The highest BCUT2D eigenvalue weighted by molar-refractivity contribution is 6.04. The van der Waals surface area contributed by atoms with Crippen molar-refractivity contribution in [3.8, 4) is 0 Å². The lowest BCUT2D eigenvalue weighted by atomic mass is 9.89. The van der Waals surface area contributed by atoms with Gasteiger partial charge in [0.15, 0.2) is 11.3 Å². The SMILES string of the molecule is CC(C)(C)N1C(=O)OC2(CCN(C(=O)c3cc(C4CC4)on3)CC2)C1=O. The van der Waals surface area contributed by atoms with Crippen LogP contribution in [0.4, 0.5) is 4.79 Å². The average Bonchev–Trinajstić information content (AvgIpc) is 3.24. The average molecular weight is 361 g/mol.